The Morgan fingerprint density at radius 1 is 1.03 bits per heavy atom. The van der Waals surface area contributed by atoms with E-state index in [0.717, 1.165) is 4.57 Å². The lowest BCUT2D eigenvalue weighted by Crippen LogP contribution is -2.44. The molecule has 0 saturated heterocycles. The molecule has 8 nitrogen and oxygen atoms in total. The van der Waals surface area contributed by atoms with Gasteiger partial charge in [0.25, 0.3) is 5.56 Å². The van der Waals surface area contributed by atoms with Gasteiger partial charge in [-0.05, 0) is 30.2 Å². The minimum atomic E-state index is -0.996. The number of amides is 1. The molecule has 1 amide bonds. The molecule has 29 heavy (non-hydrogen) atoms. The molecule has 0 fully saturated rings. The Bertz CT molecular complexity index is 1160. The lowest BCUT2D eigenvalue weighted by molar-refractivity contribution is -0.120. The van der Waals surface area contributed by atoms with Gasteiger partial charge in [-0.2, -0.15) is 0 Å². The lowest BCUT2D eigenvalue weighted by atomic mass is 10.0. The van der Waals surface area contributed by atoms with Crippen molar-refractivity contribution < 1.29 is 14.3 Å². The SMILES string of the molecule is COc1ccc(NC(=O)C(C(C)C)n2c(=O)[nH]c3ccccc3c2=O)cc1OC. The molecule has 0 radical (unpaired) electrons. The zero-order chi connectivity index (χ0) is 21.1. The van der Waals surface area contributed by atoms with E-state index in [2.05, 4.69) is 10.3 Å². The van der Waals surface area contributed by atoms with Crippen LogP contribution in [0.4, 0.5) is 5.69 Å². The van der Waals surface area contributed by atoms with Crippen LogP contribution >= 0.6 is 0 Å². The third kappa shape index (κ3) is 3.87. The van der Waals surface area contributed by atoms with Crippen molar-refractivity contribution in [2.24, 2.45) is 5.92 Å². The van der Waals surface area contributed by atoms with Crippen LogP contribution in [0, 0.1) is 5.92 Å². The minimum absolute atomic E-state index is 0.310. The van der Waals surface area contributed by atoms with Crippen LogP contribution in [-0.2, 0) is 4.79 Å². The van der Waals surface area contributed by atoms with Crippen molar-refractivity contribution in [3.05, 3.63) is 63.3 Å². The van der Waals surface area contributed by atoms with Crippen molar-refractivity contribution in [1.29, 1.82) is 0 Å². The smallest absolute Gasteiger partial charge is 0.329 e. The molecule has 2 aromatic carbocycles. The zero-order valence-electron chi connectivity index (χ0n) is 16.7. The van der Waals surface area contributed by atoms with Crippen LogP contribution in [0.25, 0.3) is 10.9 Å². The number of nitrogens with one attached hydrogen (secondary N) is 2. The first kappa shape index (κ1) is 20.2. The number of carbonyl (C=O) groups is 1. The molecule has 0 spiro atoms. The van der Waals surface area contributed by atoms with Gasteiger partial charge < -0.3 is 19.8 Å². The maximum absolute atomic E-state index is 13.1. The Morgan fingerprint density at radius 3 is 2.38 bits per heavy atom. The van der Waals surface area contributed by atoms with E-state index in [-0.39, 0.29) is 5.92 Å². The molecule has 0 aliphatic carbocycles. The fourth-order valence-corrected chi connectivity index (χ4v) is 3.28. The van der Waals surface area contributed by atoms with Gasteiger partial charge in [0.15, 0.2) is 11.5 Å². The van der Waals surface area contributed by atoms with Crippen molar-refractivity contribution in [3.63, 3.8) is 0 Å². The van der Waals surface area contributed by atoms with Gasteiger partial charge in [-0.1, -0.05) is 26.0 Å². The van der Waals surface area contributed by atoms with Gasteiger partial charge in [-0.25, -0.2) is 9.36 Å². The number of ether oxygens (including phenoxy) is 2. The average molecular weight is 397 g/mol. The molecule has 1 heterocycles. The molecule has 0 aliphatic heterocycles. The molecule has 1 unspecified atom stereocenters. The van der Waals surface area contributed by atoms with Crippen LogP contribution in [0.5, 0.6) is 11.5 Å². The third-order valence-corrected chi connectivity index (χ3v) is 4.67. The molecule has 3 rings (SSSR count). The molecule has 1 aromatic heterocycles. The van der Waals surface area contributed by atoms with E-state index in [1.807, 2.05) is 0 Å². The van der Waals surface area contributed by atoms with Gasteiger partial charge in [0.1, 0.15) is 6.04 Å². The fraction of sp³-hybridized carbons (Fsp3) is 0.286. The number of fused-ring (bicyclic) bond motifs is 1. The summed E-state index contributed by atoms with van der Waals surface area (Å²) in [7, 11) is 3.01. The first-order valence-corrected chi connectivity index (χ1v) is 9.13. The summed E-state index contributed by atoms with van der Waals surface area (Å²) in [6.45, 7) is 3.56. The molecule has 8 heteroatoms. The Hall–Kier alpha value is -3.55. The van der Waals surface area contributed by atoms with E-state index in [0.29, 0.717) is 28.1 Å². The molecule has 152 valence electrons. The molecular weight excluding hydrogens is 374 g/mol. The van der Waals surface area contributed by atoms with Crippen LogP contribution in [0.3, 0.4) is 0 Å². The van der Waals surface area contributed by atoms with Crippen molar-refractivity contribution in [2.75, 3.05) is 19.5 Å². The van der Waals surface area contributed by atoms with E-state index < -0.39 is 23.2 Å². The van der Waals surface area contributed by atoms with Gasteiger partial charge in [-0.15, -0.1) is 0 Å². The normalized spacial score (nSPS) is 12.0. The second-order valence-corrected chi connectivity index (χ2v) is 6.90. The molecule has 0 saturated carbocycles. The van der Waals surface area contributed by atoms with E-state index in [4.69, 9.17) is 9.47 Å². The Kier molecular flexibility index (Phi) is 5.72. The molecule has 1 atom stereocenters. The number of methoxy groups -OCH3 is 2. The largest absolute Gasteiger partial charge is 0.493 e. The number of para-hydroxylation sites is 1. The highest BCUT2D eigenvalue weighted by Gasteiger charge is 2.28. The highest BCUT2D eigenvalue weighted by Crippen LogP contribution is 2.30. The average Bonchev–Trinajstić information content (AvgIpc) is 2.70. The monoisotopic (exact) mass is 397 g/mol. The summed E-state index contributed by atoms with van der Waals surface area (Å²) < 4.78 is 11.4. The fourth-order valence-electron chi connectivity index (χ4n) is 3.28. The summed E-state index contributed by atoms with van der Waals surface area (Å²) >= 11 is 0. The number of benzene rings is 2. The summed E-state index contributed by atoms with van der Waals surface area (Å²) in [5, 5.41) is 3.11. The topological polar surface area (TPSA) is 102 Å². The second-order valence-electron chi connectivity index (χ2n) is 6.90. The first-order valence-electron chi connectivity index (χ1n) is 9.13. The highest BCUT2D eigenvalue weighted by molar-refractivity contribution is 5.94. The summed E-state index contributed by atoms with van der Waals surface area (Å²) in [4.78, 5) is 41.3. The van der Waals surface area contributed by atoms with Crippen molar-refractivity contribution in [1.82, 2.24) is 9.55 Å². The van der Waals surface area contributed by atoms with Gasteiger partial charge >= 0.3 is 5.69 Å². The van der Waals surface area contributed by atoms with Crippen LogP contribution in [0.2, 0.25) is 0 Å². The molecule has 0 bridgehead atoms. The van der Waals surface area contributed by atoms with Crippen LogP contribution in [-0.4, -0.2) is 29.7 Å². The van der Waals surface area contributed by atoms with E-state index in [1.165, 1.54) is 14.2 Å². The number of anilines is 1. The van der Waals surface area contributed by atoms with Crippen LogP contribution < -0.4 is 26.0 Å². The predicted octanol–water partition coefficient (Wildman–Crippen LogP) is 2.54. The molecule has 2 N–H and O–H groups in total. The number of aromatic nitrogens is 2. The number of aromatic amines is 1. The predicted molar refractivity (Wildman–Crippen MR) is 111 cm³/mol. The Morgan fingerprint density at radius 2 is 1.72 bits per heavy atom. The summed E-state index contributed by atoms with van der Waals surface area (Å²) in [5.74, 6) is 0.186. The van der Waals surface area contributed by atoms with Crippen LogP contribution in [0.1, 0.15) is 19.9 Å². The van der Waals surface area contributed by atoms with Gasteiger partial charge in [0.2, 0.25) is 5.91 Å². The lowest BCUT2D eigenvalue weighted by Gasteiger charge is -2.22. The number of rotatable bonds is 6. The van der Waals surface area contributed by atoms with Crippen molar-refractivity contribution >= 4 is 22.5 Å². The number of nitrogens with zero attached hydrogens (tertiary/aromatic N) is 1. The third-order valence-electron chi connectivity index (χ3n) is 4.67. The second kappa shape index (κ2) is 8.22. The van der Waals surface area contributed by atoms with E-state index in [9.17, 15) is 14.4 Å². The number of carbonyl (C=O) groups excluding carboxylic acids is 1. The maximum Gasteiger partial charge on any atom is 0.329 e. The highest BCUT2D eigenvalue weighted by atomic mass is 16.5. The maximum atomic E-state index is 13.1. The molecular formula is C21H23N3O5. The van der Waals surface area contributed by atoms with E-state index in [1.54, 1.807) is 56.3 Å². The van der Waals surface area contributed by atoms with Crippen molar-refractivity contribution in [2.45, 2.75) is 19.9 Å². The molecule has 3 aromatic rings. The minimum Gasteiger partial charge on any atom is -0.493 e. The van der Waals surface area contributed by atoms with Gasteiger partial charge in [0.05, 0.1) is 25.1 Å². The Balaban J connectivity index is 2.03. The van der Waals surface area contributed by atoms with Crippen LogP contribution in [0.15, 0.2) is 52.1 Å². The Labute approximate surface area is 167 Å². The first-order chi connectivity index (χ1) is 13.9. The molecule has 0 aliphatic rings. The van der Waals surface area contributed by atoms with Gasteiger partial charge in [-0.3, -0.25) is 9.59 Å². The zero-order valence-corrected chi connectivity index (χ0v) is 16.7. The summed E-state index contributed by atoms with van der Waals surface area (Å²) in [6, 6.07) is 10.6. The van der Waals surface area contributed by atoms with Crippen molar-refractivity contribution in [3.8, 4) is 11.5 Å². The van der Waals surface area contributed by atoms with Gasteiger partial charge in [0, 0.05) is 11.8 Å². The summed E-state index contributed by atoms with van der Waals surface area (Å²) in [5.41, 5.74) is -0.245. The van der Waals surface area contributed by atoms with E-state index >= 15 is 0 Å². The number of hydrogen-bond donors (Lipinski definition) is 2. The quantitative estimate of drug-likeness (QED) is 0.665. The summed E-state index contributed by atoms with van der Waals surface area (Å²) in [6.07, 6.45) is 0. The standard InChI is InChI=1S/C21H23N3O5/c1-12(2)18(19(25)22-13-9-10-16(28-3)17(11-13)29-4)24-20(26)14-7-5-6-8-15(14)23-21(24)27/h5-12,18H,1-4H3,(H,22,25)(H,23,27). The number of hydrogen-bond acceptors (Lipinski definition) is 5. The number of H-pyrrole nitrogens is 1.